The van der Waals surface area contributed by atoms with Gasteiger partial charge in [-0.25, -0.2) is 0 Å². The third-order valence-corrected chi connectivity index (χ3v) is 5.21. The van der Waals surface area contributed by atoms with E-state index in [1.807, 2.05) is 36.4 Å². The Kier molecular flexibility index (Phi) is 5.35. The fourth-order valence-corrected chi connectivity index (χ4v) is 3.79. The first-order valence-electron chi connectivity index (χ1n) is 9.74. The Morgan fingerprint density at radius 2 is 1.53 bits per heavy atom. The third-order valence-electron chi connectivity index (χ3n) is 5.21. The molecule has 5 heteroatoms. The number of phenolic OH excluding ortho intramolecular Hbond substituents is 1. The molecule has 0 aliphatic carbocycles. The fraction of sp³-hybridized carbons (Fsp3) is 0.120. The highest BCUT2D eigenvalue weighted by Gasteiger charge is 2.44. The molecule has 4 rings (SSSR count). The lowest BCUT2D eigenvalue weighted by atomic mass is 9.93. The second kappa shape index (κ2) is 8.25. The van der Waals surface area contributed by atoms with E-state index in [9.17, 15) is 19.8 Å². The van der Waals surface area contributed by atoms with Gasteiger partial charge in [0.2, 0.25) is 0 Å². The van der Waals surface area contributed by atoms with Crippen LogP contribution in [-0.4, -0.2) is 21.9 Å². The average Bonchev–Trinajstić information content (AvgIpc) is 3.04. The number of aliphatic hydroxyl groups excluding tert-OH is 1. The number of hydrogen-bond acceptors (Lipinski definition) is 4. The van der Waals surface area contributed by atoms with Gasteiger partial charge in [-0.2, -0.15) is 0 Å². The van der Waals surface area contributed by atoms with Gasteiger partial charge in [-0.15, -0.1) is 0 Å². The number of nitrogens with zero attached hydrogens (tertiary/aromatic N) is 1. The van der Waals surface area contributed by atoms with Gasteiger partial charge in [-0.3, -0.25) is 14.5 Å². The molecule has 0 bridgehead atoms. The molecule has 3 aromatic rings. The van der Waals surface area contributed by atoms with Crippen molar-refractivity contribution in [1.82, 2.24) is 0 Å². The van der Waals surface area contributed by atoms with Crippen molar-refractivity contribution >= 4 is 17.4 Å². The van der Waals surface area contributed by atoms with E-state index < -0.39 is 17.7 Å². The molecule has 1 unspecified atom stereocenters. The Hall–Kier alpha value is -3.86. The minimum atomic E-state index is -0.810. The molecule has 0 saturated carbocycles. The lowest BCUT2D eigenvalue weighted by Crippen LogP contribution is -2.31. The maximum atomic E-state index is 13.2. The Labute approximate surface area is 174 Å². The molecule has 0 fully saturated rings. The Bertz CT molecular complexity index is 1110. The highest BCUT2D eigenvalue weighted by Crippen LogP contribution is 2.41. The number of benzene rings is 3. The van der Waals surface area contributed by atoms with Crippen molar-refractivity contribution in [1.29, 1.82) is 0 Å². The summed E-state index contributed by atoms with van der Waals surface area (Å²) in [5.74, 6) is -1.44. The van der Waals surface area contributed by atoms with Gasteiger partial charge < -0.3 is 10.2 Å². The van der Waals surface area contributed by atoms with E-state index in [0.717, 1.165) is 5.56 Å². The summed E-state index contributed by atoms with van der Waals surface area (Å²) in [5, 5.41) is 20.6. The molecule has 3 aromatic carbocycles. The molecule has 1 heterocycles. The summed E-state index contributed by atoms with van der Waals surface area (Å²) in [7, 11) is 0. The van der Waals surface area contributed by atoms with Crippen molar-refractivity contribution in [3.8, 4) is 5.75 Å². The molecule has 1 amide bonds. The van der Waals surface area contributed by atoms with Crippen molar-refractivity contribution in [2.24, 2.45) is 0 Å². The van der Waals surface area contributed by atoms with Crippen molar-refractivity contribution < 1.29 is 19.8 Å². The first-order chi connectivity index (χ1) is 14.6. The van der Waals surface area contributed by atoms with Crippen molar-refractivity contribution in [3.63, 3.8) is 0 Å². The number of amides is 1. The molecule has 0 aromatic heterocycles. The smallest absolute Gasteiger partial charge is 0.294 e. The summed E-state index contributed by atoms with van der Waals surface area (Å²) in [6, 6.07) is 24.1. The van der Waals surface area contributed by atoms with E-state index in [4.69, 9.17) is 0 Å². The van der Waals surface area contributed by atoms with Gasteiger partial charge in [0.1, 0.15) is 5.75 Å². The minimum absolute atomic E-state index is 0.0236. The van der Waals surface area contributed by atoms with E-state index in [2.05, 4.69) is 0 Å². The van der Waals surface area contributed by atoms with Crippen LogP contribution >= 0.6 is 0 Å². The Morgan fingerprint density at radius 1 is 0.867 bits per heavy atom. The fourth-order valence-electron chi connectivity index (χ4n) is 3.79. The zero-order valence-corrected chi connectivity index (χ0v) is 16.2. The number of Topliss-reactive ketones (excluding diaryl/α,β-unsaturated/α-hetero) is 1. The third kappa shape index (κ3) is 3.70. The summed E-state index contributed by atoms with van der Waals surface area (Å²) in [6.07, 6.45) is 0.664. The number of rotatable bonds is 6. The van der Waals surface area contributed by atoms with Gasteiger partial charge in [0, 0.05) is 12.1 Å². The summed E-state index contributed by atoms with van der Waals surface area (Å²) in [5.41, 5.74) is 2.18. The summed E-state index contributed by atoms with van der Waals surface area (Å²) < 4.78 is 0. The van der Waals surface area contributed by atoms with Crippen molar-refractivity contribution in [2.75, 3.05) is 4.90 Å². The van der Waals surface area contributed by atoms with Crippen LogP contribution in [0.25, 0.3) is 0 Å². The van der Waals surface area contributed by atoms with Crippen LogP contribution in [0.2, 0.25) is 0 Å². The molecule has 5 nitrogen and oxygen atoms in total. The number of anilines is 1. The van der Waals surface area contributed by atoms with E-state index in [-0.39, 0.29) is 23.5 Å². The zero-order valence-electron chi connectivity index (χ0n) is 16.2. The molecule has 30 heavy (non-hydrogen) atoms. The number of carbonyl (C=O) groups is 2. The number of para-hydroxylation sites is 1. The number of carbonyl (C=O) groups excluding carboxylic acids is 2. The number of ketones is 1. The van der Waals surface area contributed by atoms with Gasteiger partial charge in [0.05, 0.1) is 11.6 Å². The molecule has 2 N–H and O–H groups in total. The number of aryl methyl sites for hydroxylation is 1. The van der Waals surface area contributed by atoms with Gasteiger partial charge in [-0.1, -0.05) is 60.7 Å². The quantitative estimate of drug-likeness (QED) is 0.640. The number of phenols is 1. The Balaban J connectivity index is 1.72. The van der Waals surface area contributed by atoms with Gasteiger partial charge in [0.15, 0.2) is 11.5 Å². The minimum Gasteiger partial charge on any atom is -0.508 e. The van der Waals surface area contributed by atoms with Crippen LogP contribution in [0.3, 0.4) is 0 Å². The maximum Gasteiger partial charge on any atom is 0.294 e. The molecule has 1 aliphatic heterocycles. The topological polar surface area (TPSA) is 77.8 Å². The molecular weight excluding hydrogens is 378 g/mol. The predicted octanol–water partition coefficient (Wildman–Crippen LogP) is 4.49. The summed E-state index contributed by atoms with van der Waals surface area (Å²) in [6.45, 7) is 0. The molecule has 1 atom stereocenters. The largest absolute Gasteiger partial charge is 0.508 e. The summed E-state index contributed by atoms with van der Waals surface area (Å²) in [4.78, 5) is 27.5. The second-order valence-electron chi connectivity index (χ2n) is 7.18. The number of aromatic hydroxyl groups is 1. The second-order valence-corrected chi connectivity index (χ2v) is 7.18. The summed E-state index contributed by atoms with van der Waals surface area (Å²) >= 11 is 0. The van der Waals surface area contributed by atoms with E-state index in [1.165, 1.54) is 17.0 Å². The van der Waals surface area contributed by atoms with Crippen LogP contribution in [0.4, 0.5) is 5.69 Å². The highest BCUT2D eigenvalue weighted by molar-refractivity contribution is 6.16. The van der Waals surface area contributed by atoms with Crippen LogP contribution in [0.1, 0.15) is 23.6 Å². The normalized spacial score (nSPS) is 16.2. The first-order valence-corrected chi connectivity index (χ1v) is 9.74. The monoisotopic (exact) mass is 399 g/mol. The van der Waals surface area contributed by atoms with Gasteiger partial charge in [0.25, 0.3) is 5.91 Å². The average molecular weight is 399 g/mol. The van der Waals surface area contributed by atoms with Crippen LogP contribution in [0.15, 0.2) is 96.3 Å². The van der Waals surface area contributed by atoms with Crippen LogP contribution in [0.5, 0.6) is 5.75 Å². The first kappa shape index (κ1) is 19.5. The Morgan fingerprint density at radius 3 is 2.20 bits per heavy atom. The van der Waals surface area contributed by atoms with Crippen LogP contribution in [-0.2, 0) is 16.0 Å². The molecule has 0 saturated heterocycles. The molecule has 150 valence electrons. The zero-order chi connectivity index (χ0) is 21.1. The van der Waals surface area contributed by atoms with Crippen LogP contribution in [0, 0.1) is 0 Å². The maximum absolute atomic E-state index is 13.2. The van der Waals surface area contributed by atoms with Crippen molar-refractivity contribution in [2.45, 2.75) is 18.9 Å². The number of aliphatic hydroxyl groups is 1. The van der Waals surface area contributed by atoms with E-state index >= 15 is 0 Å². The van der Waals surface area contributed by atoms with E-state index in [1.54, 1.807) is 36.4 Å². The van der Waals surface area contributed by atoms with Crippen molar-refractivity contribution in [3.05, 3.63) is 107 Å². The molecule has 0 spiro atoms. The van der Waals surface area contributed by atoms with Crippen LogP contribution < -0.4 is 4.90 Å². The lowest BCUT2D eigenvalue weighted by Gasteiger charge is -2.27. The molecule has 0 radical (unpaired) electrons. The molecular formula is C25H21NO4. The number of hydrogen-bond donors (Lipinski definition) is 2. The molecule has 1 aliphatic rings. The van der Waals surface area contributed by atoms with E-state index in [0.29, 0.717) is 17.7 Å². The van der Waals surface area contributed by atoms with Gasteiger partial charge >= 0.3 is 0 Å². The van der Waals surface area contributed by atoms with Gasteiger partial charge in [-0.05, 0) is 41.8 Å². The standard InChI is InChI=1S/C25H21NO4/c27-20-13-7-10-18(16-20)23-22(21(28)15-14-17-8-3-1-4-9-17)24(29)25(30)26(23)19-11-5-2-6-12-19/h1-13,16,23,27,29H,14-15H2. The predicted molar refractivity (Wildman–Crippen MR) is 114 cm³/mol. The lowest BCUT2D eigenvalue weighted by molar-refractivity contribution is -0.118. The highest BCUT2D eigenvalue weighted by atomic mass is 16.3. The SMILES string of the molecule is O=C(CCc1ccccc1)C1=C(O)C(=O)N(c2ccccc2)C1c1cccc(O)c1.